The lowest BCUT2D eigenvalue weighted by Gasteiger charge is -2.11. The number of fused-ring (bicyclic) bond motifs is 1. The molecule has 2 aromatic carbocycles. The fourth-order valence-electron chi connectivity index (χ4n) is 2.36. The minimum atomic E-state index is 0.594. The quantitative estimate of drug-likeness (QED) is 0.715. The van der Waals surface area contributed by atoms with Crippen LogP contribution in [0.2, 0.25) is 0 Å². The van der Waals surface area contributed by atoms with Gasteiger partial charge in [-0.1, -0.05) is 12.1 Å². The third-order valence-electron chi connectivity index (χ3n) is 3.32. The SMILES string of the molecule is COCc1cccc(Nc2ccc(N)c3cccnc23)c1. The van der Waals surface area contributed by atoms with Crippen LogP contribution in [0.1, 0.15) is 5.56 Å². The molecule has 0 saturated carbocycles. The zero-order valence-electron chi connectivity index (χ0n) is 11.8. The monoisotopic (exact) mass is 279 g/mol. The molecule has 0 spiro atoms. The molecule has 0 saturated heterocycles. The average Bonchev–Trinajstić information content (AvgIpc) is 2.51. The number of aromatic nitrogens is 1. The summed E-state index contributed by atoms with van der Waals surface area (Å²) < 4.78 is 5.16. The molecule has 21 heavy (non-hydrogen) atoms. The lowest BCUT2D eigenvalue weighted by Crippen LogP contribution is -1.96. The summed E-state index contributed by atoms with van der Waals surface area (Å²) in [7, 11) is 1.69. The maximum absolute atomic E-state index is 6.00. The highest BCUT2D eigenvalue weighted by atomic mass is 16.5. The fourth-order valence-corrected chi connectivity index (χ4v) is 2.36. The Bertz CT molecular complexity index is 771. The van der Waals surface area contributed by atoms with Crippen LogP contribution in [0, 0.1) is 0 Å². The maximum Gasteiger partial charge on any atom is 0.0957 e. The Labute approximate surface area is 123 Å². The third-order valence-corrected chi connectivity index (χ3v) is 3.32. The van der Waals surface area contributed by atoms with Gasteiger partial charge in [0.15, 0.2) is 0 Å². The lowest BCUT2D eigenvalue weighted by atomic mass is 10.1. The topological polar surface area (TPSA) is 60.2 Å². The summed E-state index contributed by atoms with van der Waals surface area (Å²) >= 11 is 0. The first kappa shape index (κ1) is 13.4. The number of nitrogen functional groups attached to an aromatic ring is 1. The first-order valence-electron chi connectivity index (χ1n) is 6.76. The Kier molecular flexibility index (Phi) is 3.71. The molecule has 3 rings (SSSR count). The van der Waals surface area contributed by atoms with Gasteiger partial charge < -0.3 is 15.8 Å². The zero-order valence-corrected chi connectivity index (χ0v) is 11.8. The van der Waals surface area contributed by atoms with Crippen LogP contribution in [-0.4, -0.2) is 12.1 Å². The van der Waals surface area contributed by atoms with E-state index in [0.29, 0.717) is 6.61 Å². The first-order valence-corrected chi connectivity index (χ1v) is 6.76. The Morgan fingerprint density at radius 2 is 2.05 bits per heavy atom. The molecule has 0 bridgehead atoms. The number of pyridine rings is 1. The number of nitrogens with zero attached hydrogens (tertiary/aromatic N) is 1. The van der Waals surface area contributed by atoms with Crippen molar-refractivity contribution in [2.75, 3.05) is 18.2 Å². The van der Waals surface area contributed by atoms with Gasteiger partial charge in [-0.2, -0.15) is 0 Å². The molecule has 4 nitrogen and oxygen atoms in total. The number of nitrogens with one attached hydrogen (secondary N) is 1. The highest BCUT2D eigenvalue weighted by molar-refractivity contribution is 5.99. The molecule has 3 N–H and O–H groups in total. The number of hydrogen-bond acceptors (Lipinski definition) is 4. The van der Waals surface area contributed by atoms with Gasteiger partial charge in [0.05, 0.1) is 17.8 Å². The lowest BCUT2D eigenvalue weighted by molar-refractivity contribution is 0.185. The van der Waals surface area contributed by atoms with Crippen molar-refractivity contribution >= 4 is 28.0 Å². The normalized spacial score (nSPS) is 10.7. The van der Waals surface area contributed by atoms with Gasteiger partial charge in [-0.3, -0.25) is 4.98 Å². The Balaban J connectivity index is 1.98. The summed E-state index contributed by atoms with van der Waals surface area (Å²) in [6, 6.07) is 15.8. The molecule has 0 radical (unpaired) electrons. The highest BCUT2D eigenvalue weighted by Gasteiger charge is 2.05. The van der Waals surface area contributed by atoms with Crippen molar-refractivity contribution in [3.8, 4) is 0 Å². The van der Waals surface area contributed by atoms with Crippen molar-refractivity contribution in [2.45, 2.75) is 6.61 Å². The van der Waals surface area contributed by atoms with E-state index in [1.807, 2.05) is 42.5 Å². The molecule has 106 valence electrons. The van der Waals surface area contributed by atoms with Crippen LogP contribution in [0.4, 0.5) is 17.1 Å². The minimum absolute atomic E-state index is 0.594. The van der Waals surface area contributed by atoms with Crippen LogP contribution in [0.5, 0.6) is 0 Å². The summed E-state index contributed by atoms with van der Waals surface area (Å²) in [6.45, 7) is 0.594. The van der Waals surface area contributed by atoms with Crippen LogP contribution in [0.15, 0.2) is 54.7 Å². The van der Waals surface area contributed by atoms with E-state index < -0.39 is 0 Å². The molecule has 1 heterocycles. The number of ether oxygens (including phenoxy) is 1. The molecule has 1 aromatic heterocycles. The molecular weight excluding hydrogens is 262 g/mol. The molecule has 0 aliphatic carbocycles. The molecule has 0 unspecified atom stereocenters. The van der Waals surface area contributed by atoms with E-state index in [-0.39, 0.29) is 0 Å². The predicted molar refractivity (Wildman–Crippen MR) is 86.6 cm³/mol. The number of nitrogens with two attached hydrogens (primary N) is 1. The number of rotatable bonds is 4. The van der Waals surface area contributed by atoms with Crippen molar-refractivity contribution in [1.29, 1.82) is 0 Å². The van der Waals surface area contributed by atoms with E-state index in [2.05, 4.69) is 16.4 Å². The summed E-state index contributed by atoms with van der Waals surface area (Å²) in [5.74, 6) is 0. The van der Waals surface area contributed by atoms with Crippen molar-refractivity contribution in [2.24, 2.45) is 0 Å². The summed E-state index contributed by atoms with van der Waals surface area (Å²) in [5.41, 5.74) is 10.7. The first-order chi connectivity index (χ1) is 10.3. The van der Waals surface area contributed by atoms with E-state index in [1.165, 1.54) is 0 Å². The van der Waals surface area contributed by atoms with Gasteiger partial charge >= 0.3 is 0 Å². The third kappa shape index (κ3) is 2.80. The summed E-state index contributed by atoms with van der Waals surface area (Å²) in [4.78, 5) is 4.43. The summed E-state index contributed by atoms with van der Waals surface area (Å²) in [6.07, 6.45) is 1.77. The number of hydrogen-bond donors (Lipinski definition) is 2. The molecular formula is C17H17N3O. The molecule has 3 aromatic rings. The zero-order chi connectivity index (χ0) is 14.7. The van der Waals surface area contributed by atoms with Gasteiger partial charge in [-0.05, 0) is 42.0 Å². The van der Waals surface area contributed by atoms with E-state index in [0.717, 1.165) is 33.5 Å². The van der Waals surface area contributed by atoms with Crippen LogP contribution >= 0.6 is 0 Å². The van der Waals surface area contributed by atoms with Gasteiger partial charge in [-0.25, -0.2) is 0 Å². The van der Waals surface area contributed by atoms with E-state index in [1.54, 1.807) is 13.3 Å². The van der Waals surface area contributed by atoms with Crippen LogP contribution < -0.4 is 11.1 Å². The molecule has 0 atom stereocenters. The van der Waals surface area contributed by atoms with Gasteiger partial charge in [0, 0.05) is 30.1 Å². The Morgan fingerprint density at radius 3 is 2.90 bits per heavy atom. The van der Waals surface area contributed by atoms with E-state index in [9.17, 15) is 0 Å². The largest absolute Gasteiger partial charge is 0.398 e. The van der Waals surface area contributed by atoms with Gasteiger partial charge in [-0.15, -0.1) is 0 Å². The van der Waals surface area contributed by atoms with Gasteiger partial charge in [0.1, 0.15) is 0 Å². The minimum Gasteiger partial charge on any atom is -0.398 e. The van der Waals surface area contributed by atoms with Crippen LogP contribution in [0.3, 0.4) is 0 Å². The van der Waals surface area contributed by atoms with Gasteiger partial charge in [0.25, 0.3) is 0 Å². The standard InChI is InChI=1S/C17H17N3O/c1-21-11-12-4-2-5-13(10-12)20-16-8-7-15(18)14-6-3-9-19-17(14)16/h2-10,20H,11,18H2,1H3. The van der Waals surface area contributed by atoms with Crippen LogP contribution in [-0.2, 0) is 11.3 Å². The second-order valence-corrected chi connectivity index (χ2v) is 4.86. The van der Waals surface area contributed by atoms with E-state index >= 15 is 0 Å². The number of anilines is 3. The number of benzene rings is 2. The van der Waals surface area contributed by atoms with Crippen LogP contribution in [0.25, 0.3) is 10.9 Å². The molecule has 0 aliphatic rings. The van der Waals surface area contributed by atoms with Crippen molar-refractivity contribution < 1.29 is 4.74 Å². The average molecular weight is 279 g/mol. The van der Waals surface area contributed by atoms with Crippen molar-refractivity contribution in [3.05, 3.63) is 60.3 Å². The fraction of sp³-hybridized carbons (Fsp3) is 0.118. The van der Waals surface area contributed by atoms with Crippen molar-refractivity contribution in [3.63, 3.8) is 0 Å². The smallest absolute Gasteiger partial charge is 0.0957 e. The molecule has 0 aliphatic heterocycles. The maximum atomic E-state index is 6.00. The highest BCUT2D eigenvalue weighted by Crippen LogP contribution is 2.28. The molecule has 0 fully saturated rings. The van der Waals surface area contributed by atoms with E-state index in [4.69, 9.17) is 10.5 Å². The number of methoxy groups -OCH3 is 1. The Morgan fingerprint density at radius 1 is 1.14 bits per heavy atom. The second kappa shape index (κ2) is 5.81. The predicted octanol–water partition coefficient (Wildman–Crippen LogP) is 3.71. The Hall–Kier alpha value is -2.59. The summed E-state index contributed by atoms with van der Waals surface area (Å²) in [5, 5.41) is 4.35. The molecule has 0 amide bonds. The molecule has 4 heteroatoms. The second-order valence-electron chi connectivity index (χ2n) is 4.86. The van der Waals surface area contributed by atoms with Crippen molar-refractivity contribution in [1.82, 2.24) is 4.98 Å². The van der Waals surface area contributed by atoms with Gasteiger partial charge in [0.2, 0.25) is 0 Å².